The molecule has 2 aromatic carbocycles. The van der Waals surface area contributed by atoms with Crippen LogP contribution in [0.2, 0.25) is 5.02 Å². The van der Waals surface area contributed by atoms with E-state index in [-0.39, 0.29) is 5.75 Å². The summed E-state index contributed by atoms with van der Waals surface area (Å²) in [6.45, 7) is 0. The van der Waals surface area contributed by atoms with Crippen molar-refractivity contribution in [2.75, 3.05) is 0 Å². The molecule has 1 N–H and O–H groups in total. The molecule has 2 nitrogen and oxygen atoms in total. The molecule has 0 saturated heterocycles. The van der Waals surface area contributed by atoms with Gasteiger partial charge in [-0.1, -0.05) is 23.4 Å². The third kappa shape index (κ3) is 3.02. The second-order valence-electron chi connectivity index (χ2n) is 3.40. The van der Waals surface area contributed by atoms with Gasteiger partial charge in [0.05, 0.1) is 5.02 Å². The number of hydrogen-bond donors (Lipinski definition) is 1. The normalized spacial score (nSPS) is 10.2. The van der Waals surface area contributed by atoms with E-state index in [0.717, 1.165) is 16.1 Å². The van der Waals surface area contributed by atoms with Gasteiger partial charge in [-0.15, -0.1) is 0 Å². The number of rotatable bonds is 3. The zero-order valence-electron chi connectivity index (χ0n) is 8.76. The number of carbonyl (C=O) groups excluding carboxylic acids is 1. The third-order valence-electron chi connectivity index (χ3n) is 2.17. The van der Waals surface area contributed by atoms with E-state index in [9.17, 15) is 4.79 Å². The van der Waals surface area contributed by atoms with E-state index in [0.29, 0.717) is 10.6 Å². The van der Waals surface area contributed by atoms with Crippen LogP contribution in [0.15, 0.2) is 52.3 Å². The second-order valence-corrected chi connectivity index (χ2v) is 4.95. The molecule has 0 bridgehead atoms. The minimum Gasteiger partial charge on any atom is -0.508 e. The quantitative estimate of drug-likeness (QED) is 0.851. The van der Waals surface area contributed by atoms with Gasteiger partial charge in [0.2, 0.25) is 0 Å². The van der Waals surface area contributed by atoms with Gasteiger partial charge in [-0.3, -0.25) is 4.79 Å². The van der Waals surface area contributed by atoms with Gasteiger partial charge in [0.25, 0.3) is 0 Å². The van der Waals surface area contributed by atoms with E-state index in [1.54, 1.807) is 24.3 Å². The Morgan fingerprint density at radius 1 is 1.06 bits per heavy atom. The number of phenols is 1. The number of hydrogen-bond acceptors (Lipinski definition) is 3. The lowest BCUT2D eigenvalue weighted by atomic mass is 10.2. The summed E-state index contributed by atoms with van der Waals surface area (Å²) in [5.74, 6) is 0.240. The molecule has 0 saturated carbocycles. The lowest BCUT2D eigenvalue weighted by Crippen LogP contribution is -1.82. The van der Waals surface area contributed by atoms with Gasteiger partial charge in [-0.2, -0.15) is 0 Å². The van der Waals surface area contributed by atoms with Crippen LogP contribution in [0.3, 0.4) is 0 Å². The molecule has 4 heteroatoms. The van der Waals surface area contributed by atoms with Gasteiger partial charge >= 0.3 is 0 Å². The average molecular weight is 265 g/mol. The summed E-state index contributed by atoms with van der Waals surface area (Å²) in [6, 6.07) is 12.2. The monoisotopic (exact) mass is 264 g/mol. The zero-order chi connectivity index (χ0) is 12.3. The topological polar surface area (TPSA) is 37.3 Å². The molecular formula is C13H9ClO2S. The molecule has 0 aliphatic carbocycles. The molecule has 0 aliphatic rings. The Bertz CT molecular complexity index is 538. The van der Waals surface area contributed by atoms with Crippen LogP contribution in [-0.4, -0.2) is 11.4 Å². The number of phenolic OH excluding ortho intramolecular Hbond substituents is 1. The highest BCUT2D eigenvalue weighted by Crippen LogP contribution is 2.31. The molecule has 0 unspecified atom stereocenters. The Balaban J connectivity index is 2.21. The Hall–Kier alpha value is -1.45. The summed E-state index contributed by atoms with van der Waals surface area (Å²) in [7, 11) is 0. The van der Waals surface area contributed by atoms with Gasteiger partial charge in [0.15, 0.2) is 6.29 Å². The Kier molecular flexibility index (Phi) is 3.71. The van der Waals surface area contributed by atoms with Crippen molar-refractivity contribution >= 4 is 29.6 Å². The lowest BCUT2D eigenvalue weighted by Gasteiger charge is -2.03. The van der Waals surface area contributed by atoms with E-state index in [1.165, 1.54) is 11.8 Å². The van der Waals surface area contributed by atoms with Crippen molar-refractivity contribution in [3.05, 3.63) is 53.1 Å². The van der Waals surface area contributed by atoms with E-state index in [4.69, 9.17) is 16.7 Å². The van der Waals surface area contributed by atoms with Crippen LogP contribution in [-0.2, 0) is 0 Å². The van der Waals surface area contributed by atoms with Crippen LogP contribution in [0, 0.1) is 0 Å². The van der Waals surface area contributed by atoms with Gasteiger partial charge < -0.3 is 5.11 Å². The maximum atomic E-state index is 10.6. The fraction of sp³-hybridized carbons (Fsp3) is 0. The van der Waals surface area contributed by atoms with Crippen LogP contribution >= 0.6 is 23.4 Å². The Labute approximate surface area is 108 Å². The zero-order valence-corrected chi connectivity index (χ0v) is 10.3. The first-order valence-electron chi connectivity index (χ1n) is 4.90. The highest BCUT2D eigenvalue weighted by atomic mass is 35.5. The van der Waals surface area contributed by atoms with Gasteiger partial charge in [0.1, 0.15) is 5.75 Å². The first-order valence-corrected chi connectivity index (χ1v) is 6.10. The minimum absolute atomic E-state index is 0.240. The maximum Gasteiger partial charge on any atom is 0.151 e. The number of aldehydes is 1. The van der Waals surface area contributed by atoms with Crippen molar-refractivity contribution < 1.29 is 9.90 Å². The maximum absolute atomic E-state index is 10.6. The summed E-state index contributed by atoms with van der Waals surface area (Å²) in [5.41, 5.74) is 0.488. The fourth-order valence-electron chi connectivity index (χ4n) is 1.32. The third-order valence-corrected chi connectivity index (χ3v) is 3.50. The van der Waals surface area contributed by atoms with Crippen LogP contribution in [0.5, 0.6) is 5.75 Å². The van der Waals surface area contributed by atoms with Crippen LogP contribution < -0.4 is 0 Å². The summed E-state index contributed by atoms with van der Waals surface area (Å²) < 4.78 is 0. The first kappa shape index (κ1) is 12.0. The van der Waals surface area contributed by atoms with E-state index in [2.05, 4.69) is 0 Å². The van der Waals surface area contributed by atoms with Crippen LogP contribution in [0.4, 0.5) is 0 Å². The van der Waals surface area contributed by atoms with Crippen molar-refractivity contribution in [1.29, 1.82) is 0 Å². The number of benzene rings is 2. The second kappa shape index (κ2) is 5.25. The van der Waals surface area contributed by atoms with Crippen LogP contribution in [0.25, 0.3) is 0 Å². The van der Waals surface area contributed by atoms with Gasteiger partial charge in [0, 0.05) is 15.4 Å². The molecular weight excluding hydrogens is 256 g/mol. The fourth-order valence-corrected chi connectivity index (χ4v) is 2.46. The van der Waals surface area contributed by atoms with E-state index < -0.39 is 0 Å². The average Bonchev–Trinajstić information content (AvgIpc) is 2.32. The molecule has 0 atom stereocenters. The smallest absolute Gasteiger partial charge is 0.151 e. The van der Waals surface area contributed by atoms with Crippen molar-refractivity contribution in [2.24, 2.45) is 0 Å². The highest BCUT2D eigenvalue weighted by molar-refractivity contribution is 7.99. The van der Waals surface area contributed by atoms with Crippen molar-refractivity contribution in [3.63, 3.8) is 0 Å². The van der Waals surface area contributed by atoms with Crippen LogP contribution in [0.1, 0.15) is 10.4 Å². The largest absolute Gasteiger partial charge is 0.508 e. The number of carbonyl (C=O) groups is 1. The molecule has 0 spiro atoms. The lowest BCUT2D eigenvalue weighted by molar-refractivity contribution is 0.112. The summed E-state index contributed by atoms with van der Waals surface area (Å²) in [6.07, 6.45) is 0.733. The summed E-state index contributed by atoms with van der Waals surface area (Å²) in [5, 5.41) is 9.61. The Morgan fingerprint density at radius 2 is 1.71 bits per heavy atom. The van der Waals surface area contributed by atoms with Gasteiger partial charge in [-0.25, -0.2) is 0 Å². The molecule has 2 aromatic rings. The van der Waals surface area contributed by atoms with Gasteiger partial charge in [-0.05, 0) is 42.5 Å². The van der Waals surface area contributed by atoms with E-state index in [1.807, 2.05) is 18.2 Å². The molecule has 0 amide bonds. The number of halogens is 1. The predicted octanol–water partition coefficient (Wildman–Crippen LogP) is 4.01. The van der Waals surface area contributed by atoms with Crippen molar-refractivity contribution in [2.45, 2.75) is 9.79 Å². The molecule has 17 heavy (non-hydrogen) atoms. The number of aromatic hydroxyl groups is 1. The molecule has 86 valence electrons. The predicted molar refractivity (Wildman–Crippen MR) is 69.1 cm³/mol. The van der Waals surface area contributed by atoms with Crippen molar-refractivity contribution in [1.82, 2.24) is 0 Å². The minimum atomic E-state index is 0.240. The van der Waals surface area contributed by atoms with E-state index >= 15 is 0 Å². The summed E-state index contributed by atoms with van der Waals surface area (Å²) in [4.78, 5) is 12.6. The highest BCUT2D eigenvalue weighted by Gasteiger charge is 2.02. The molecule has 0 aliphatic heterocycles. The Morgan fingerprint density at radius 3 is 2.29 bits per heavy atom. The standard InChI is InChI=1S/C13H9ClO2S/c14-13-7-12(4-1-9(13)8-15)17-11-5-2-10(16)3-6-11/h1-8,16H. The SMILES string of the molecule is O=Cc1ccc(Sc2ccc(O)cc2)cc1Cl. The molecule has 0 heterocycles. The summed E-state index contributed by atoms with van der Waals surface area (Å²) >= 11 is 7.45. The molecule has 2 rings (SSSR count). The molecule has 0 radical (unpaired) electrons. The van der Waals surface area contributed by atoms with Crippen molar-refractivity contribution in [3.8, 4) is 5.75 Å². The molecule has 0 aromatic heterocycles. The molecule has 0 fully saturated rings. The first-order chi connectivity index (χ1) is 8.19.